The number of nitrogens with zero attached hydrogens (tertiary/aromatic N) is 1. The zero-order valence-corrected chi connectivity index (χ0v) is 16.0. The second-order valence-electron chi connectivity index (χ2n) is 7.33. The normalized spacial score (nSPS) is 17.7. The Morgan fingerprint density at radius 2 is 1.79 bits per heavy atom. The Morgan fingerprint density at radius 3 is 2.43 bits per heavy atom. The molecule has 1 heterocycles. The van der Waals surface area contributed by atoms with Gasteiger partial charge in [-0.1, -0.05) is 31.9 Å². The second-order valence-corrected chi connectivity index (χ2v) is 7.33. The van der Waals surface area contributed by atoms with Crippen LogP contribution in [0.3, 0.4) is 0 Å². The first kappa shape index (κ1) is 19.9. The van der Waals surface area contributed by atoms with Crippen LogP contribution in [0.2, 0.25) is 0 Å². The minimum absolute atomic E-state index is 0.0963. The molecule has 0 aromatic heterocycles. The van der Waals surface area contributed by atoms with E-state index in [1.54, 1.807) is 12.1 Å². The van der Waals surface area contributed by atoms with Gasteiger partial charge in [-0.3, -0.25) is 30.1 Å². The van der Waals surface area contributed by atoms with Gasteiger partial charge in [0.2, 0.25) is 5.91 Å². The van der Waals surface area contributed by atoms with E-state index in [2.05, 4.69) is 16.2 Å². The van der Waals surface area contributed by atoms with E-state index in [-0.39, 0.29) is 30.8 Å². The Hall–Kier alpha value is -2.90. The Labute approximate surface area is 164 Å². The van der Waals surface area contributed by atoms with E-state index >= 15 is 0 Å². The Bertz CT molecular complexity index is 769. The average molecular weight is 386 g/mol. The fourth-order valence-electron chi connectivity index (χ4n) is 3.75. The molecule has 1 aliphatic heterocycles. The van der Waals surface area contributed by atoms with Crippen LogP contribution >= 0.6 is 0 Å². The lowest BCUT2D eigenvalue weighted by Crippen LogP contribution is -2.44. The van der Waals surface area contributed by atoms with Crippen LogP contribution in [0.15, 0.2) is 24.3 Å². The van der Waals surface area contributed by atoms with Crippen molar-refractivity contribution in [1.29, 1.82) is 0 Å². The van der Waals surface area contributed by atoms with Crippen LogP contribution in [0, 0.1) is 0 Å². The van der Waals surface area contributed by atoms with Gasteiger partial charge in [-0.2, -0.15) is 0 Å². The highest BCUT2D eigenvalue weighted by Crippen LogP contribution is 2.35. The minimum atomic E-state index is -0.722. The first-order chi connectivity index (χ1) is 13.4. The number of rotatable bonds is 6. The Morgan fingerprint density at radius 1 is 1.11 bits per heavy atom. The minimum Gasteiger partial charge on any atom is -0.323 e. The second kappa shape index (κ2) is 8.41. The number of hydrogen-bond acceptors (Lipinski definition) is 4. The summed E-state index contributed by atoms with van der Waals surface area (Å²) in [6.07, 6.45) is 4.55. The number of benzene rings is 1. The van der Waals surface area contributed by atoms with E-state index < -0.39 is 11.4 Å². The van der Waals surface area contributed by atoms with Gasteiger partial charge in [-0.15, -0.1) is 0 Å². The third-order valence-electron chi connectivity index (χ3n) is 5.43. The standard InChI is InChI=1S/C20H26N4O4/c1-2-14-7-9-15(10-8-14)17(26)23-22-16(25)6-5-13-24-18(27)20(21-19(24)28)11-3-4-12-20/h7-10H,2-6,11-13H2,1H3,(H,21,28)(H,22,25)(H,23,26). The number of carbonyl (C=O) groups is 4. The molecule has 3 N–H and O–H groups in total. The number of carbonyl (C=O) groups excluding carboxylic acids is 4. The molecule has 8 heteroatoms. The molecular formula is C20H26N4O4. The number of imide groups is 1. The molecule has 5 amide bonds. The van der Waals surface area contributed by atoms with E-state index in [0.29, 0.717) is 24.8 Å². The summed E-state index contributed by atoms with van der Waals surface area (Å²) in [5.41, 5.74) is 5.60. The number of hydrogen-bond donors (Lipinski definition) is 3. The van der Waals surface area contributed by atoms with Crippen molar-refractivity contribution in [3.63, 3.8) is 0 Å². The molecule has 150 valence electrons. The summed E-state index contributed by atoms with van der Waals surface area (Å²) < 4.78 is 0. The monoisotopic (exact) mass is 386 g/mol. The van der Waals surface area contributed by atoms with Gasteiger partial charge in [0.1, 0.15) is 5.54 Å². The number of nitrogens with one attached hydrogen (secondary N) is 3. The molecule has 1 aliphatic carbocycles. The zero-order chi connectivity index (χ0) is 20.1. The van der Waals surface area contributed by atoms with Gasteiger partial charge < -0.3 is 5.32 Å². The molecule has 0 unspecified atom stereocenters. The van der Waals surface area contributed by atoms with Crippen LogP contribution in [-0.2, 0) is 16.0 Å². The van der Waals surface area contributed by atoms with Crippen LogP contribution in [0.4, 0.5) is 4.79 Å². The maximum atomic E-state index is 12.5. The fraction of sp³-hybridized carbons (Fsp3) is 0.500. The molecule has 1 saturated heterocycles. The third kappa shape index (κ3) is 4.16. The smallest absolute Gasteiger partial charge is 0.323 e. The fourth-order valence-corrected chi connectivity index (χ4v) is 3.75. The van der Waals surface area contributed by atoms with Gasteiger partial charge in [0, 0.05) is 18.5 Å². The van der Waals surface area contributed by atoms with Crippen LogP contribution in [0.5, 0.6) is 0 Å². The summed E-state index contributed by atoms with van der Waals surface area (Å²) in [5, 5.41) is 2.81. The van der Waals surface area contributed by atoms with Crippen molar-refractivity contribution >= 4 is 23.8 Å². The lowest BCUT2D eigenvalue weighted by molar-refractivity contribution is -0.131. The number of hydrazine groups is 1. The van der Waals surface area contributed by atoms with Gasteiger partial charge in [0.15, 0.2) is 0 Å². The van der Waals surface area contributed by atoms with E-state index in [0.717, 1.165) is 24.8 Å². The predicted molar refractivity (Wildman–Crippen MR) is 102 cm³/mol. The highest BCUT2D eigenvalue weighted by Gasteiger charge is 2.51. The molecular weight excluding hydrogens is 360 g/mol. The van der Waals surface area contributed by atoms with Crippen molar-refractivity contribution < 1.29 is 19.2 Å². The summed E-state index contributed by atoms with van der Waals surface area (Å²) in [5.74, 6) is -0.950. The molecule has 2 fully saturated rings. The van der Waals surface area contributed by atoms with Crippen LogP contribution in [0.25, 0.3) is 0 Å². The SMILES string of the molecule is CCc1ccc(C(=O)NNC(=O)CCCN2C(=O)NC3(CCCC3)C2=O)cc1. The maximum absolute atomic E-state index is 12.5. The van der Waals surface area contributed by atoms with E-state index in [1.165, 1.54) is 4.90 Å². The number of amides is 5. The Kier molecular flexibility index (Phi) is 5.96. The molecule has 0 radical (unpaired) electrons. The van der Waals surface area contributed by atoms with Crippen molar-refractivity contribution in [2.45, 2.75) is 57.4 Å². The highest BCUT2D eigenvalue weighted by atomic mass is 16.2. The average Bonchev–Trinajstić information content (AvgIpc) is 3.26. The Balaban J connectivity index is 1.40. The molecule has 8 nitrogen and oxygen atoms in total. The maximum Gasteiger partial charge on any atom is 0.325 e. The lowest BCUT2D eigenvalue weighted by atomic mass is 9.98. The van der Waals surface area contributed by atoms with Crippen LogP contribution in [0.1, 0.15) is 61.4 Å². The first-order valence-electron chi connectivity index (χ1n) is 9.77. The molecule has 0 bridgehead atoms. The molecule has 1 spiro atoms. The molecule has 1 saturated carbocycles. The molecule has 28 heavy (non-hydrogen) atoms. The van der Waals surface area contributed by atoms with Crippen LogP contribution < -0.4 is 16.2 Å². The lowest BCUT2D eigenvalue weighted by Gasteiger charge is -2.19. The van der Waals surface area contributed by atoms with Gasteiger partial charge in [-0.05, 0) is 43.4 Å². The molecule has 2 aliphatic rings. The summed E-state index contributed by atoms with van der Waals surface area (Å²) in [6, 6.07) is 6.77. The molecule has 1 aromatic rings. The molecule has 1 aromatic carbocycles. The van der Waals surface area contributed by atoms with Crippen molar-refractivity contribution in [1.82, 2.24) is 21.1 Å². The topological polar surface area (TPSA) is 108 Å². The van der Waals surface area contributed by atoms with E-state index in [9.17, 15) is 19.2 Å². The van der Waals surface area contributed by atoms with E-state index in [4.69, 9.17) is 0 Å². The van der Waals surface area contributed by atoms with Crippen molar-refractivity contribution in [2.75, 3.05) is 6.54 Å². The van der Waals surface area contributed by atoms with Crippen molar-refractivity contribution in [2.24, 2.45) is 0 Å². The van der Waals surface area contributed by atoms with Crippen LogP contribution in [-0.4, -0.2) is 40.7 Å². The number of urea groups is 1. The number of aryl methyl sites for hydroxylation is 1. The summed E-state index contributed by atoms with van der Waals surface area (Å²) in [7, 11) is 0. The third-order valence-corrected chi connectivity index (χ3v) is 5.43. The largest absolute Gasteiger partial charge is 0.325 e. The zero-order valence-electron chi connectivity index (χ0n) is 16.0. The summed E-state index contributed by atoms with van der Waals surface area (Å²) in [4.78, 5) is 49.8. The molecule has 0 atom stereocenters. The van der Waals surface area contributed by atoms with Gasteiger partial charge in [0.25, 0.3) is 11.8 Å². The first-order valence-corrected chi connectivity index (χ1v) is 9.77. The summed E-state index contributed by atoms with van der Waals surface area (Å²) >= 11 is 0. The highest BCUT2D eigenvalue weighted by molar-refractivity contribution is 6.07. The predicted octanol–water partition coefficient (Wildman–Crippen LogP) is 1.65. The van der Waals surface area contributed by atoms with Crippen molar-refractivity contribution in [3.05, 3.63) is 35.4 Å². The van der Waals surface area contributed by atoms with Crippen molar-refractivity contribution in [3.8, 4) is 0 Å². The molecule has 3 rings (SSSR count). The van der Waals surface area contributed by atoms with Gasteiger partial charge >= 0.3 is 6.03 Å². The van der Waals surface area contributed by atoms with E-state index in [1.807, 2.05) is 19.1 Å². The summed E-state index contributed by atoms with van der Waals surface area (Å²) in [6.45, 7) is 2.22. The van der Waals surface area contributed by atoms with Gasteiger partial charge in [-0.25, -0.2) is 4.79 Å². The van der Waals surface area contributed by atoms with Gasteiger partial charge in [0.05, 0.1) is 0 Å². The quantitative estimate of drug-likeness (QED) is 0.510.